The normalized spacial score (nSPS) is 12.6. The minimum atomic E-state index is -0.393. The fraction of sp³-hybridized carbons (Fsp3) is 0.857. The minimum Gasteiger partial charge on any atom is -0.382 e. The average Bonchev–Trinajstić information content (AvgIpc) is 2.03. The molecular weight excluding hydrogens is 146 g/mol. The van der Waals surface area contributed by atoms with E-state index in [1.165, 1.54) is 0 Å². The van der Waals surface area contributed by atoms with Crippen LogP contribution in [0.1, 0.15) is 6.92 Å². The summed E-state index contributed by atoms with van der Waals surface area (Å²) in [5.41, 5.74) is 0. The molecule has 0 radical (unpaired) electrons. The maximum absolute atomic E-state index is 10.8. The highest BCUT2D eigenvalue weighted by Crippen LogP contribution is 1.89. The number of rotatable bonds is 5. The van der Waals surface area contributed by atoms with Crippen molar-refractivity contribution >= 4 is 5.91 Å². The summed E-state index contributed by atoms with van der Waals surface area (Å²) in [5, 5.41) is 2.49. The largest absolute Gasteiger partial charge is 0.382 e. The topological polar surface area (TPSA) is 47.6 Å². The van der Waals surface area contributed by atoms with Crippen molar-refractivity contribution in [2.24, 2.45) is 0 Å². The third-order valence-electron chi connectivity index (χ3n) is 1.27. The van der Waals surface area contributed by atoms with Gasteiger partial charge < -0.3 is 14.8 Å². The Morgan fingerprint density at radius 3 is 2.64 bits per heavy atom. The number of carbonyl (C=O) groups is 1. The van der Waals surface area contributed by atoms with E-state index in [0.717, 1.165) is 0 Å². The smallest absolute Gasteiger partial charge is 0.248 e. The minimum absolute atomic E-state index is 0.110. The second kappa shape index (κ2) is 6.12. The first-order chi connectivity index (χ1) is 5.22. The molecule has 1 amide bonds. The monoisotopic (exact) mass is 161 g/mol. The molecule has 1 unspecified atom stereocenters. The van der Waals surface area contributed by atoms with Crippen LogP contribution in [0.5, 0.6) is 0 Å². The molecule has 1 atom stereocenters. The number of likely N-dealkylation sites (N-methyl/N-ethyl adjacent to an activating group) is 1. The second-order valence-corrected chi connectivity index (χ2v) is 2.12. The quantitative estimate of drug-likeness (QED) is 0.567. The molecule has 66 valence electrons. The Bertz CT molecular complexity index is 116. The summed E-state index contributed by atoms with van der Waals surface area (Å²) in [4.78, 5) is 10.8. The molecule has 0 spiro atoms. The first kappa shape index (κ1) is 10.4. The van der Waals surface area contributed by atoms with E-state index >= 15 is 0 Å². The van der Waals surface area contributed by atoms with Gasteiger partial charge in [-0.3, -0.25) is 4.79 Å². The molecule has 0 aliphatic heterocycles. The Hall–Kier alpha value is -0.610. The van der Waals surface area contributed by atoms with Gasteiger partial charge in [0.2, 0.25) is 5.91 Å². The van der Waals surface area contributed by atoms with Crippen LogP contribution in [0.3, 0.4) is 0 Å². The lowest BCUT2D eigenvalue weighted by molar-refractivity contribution is -0.131. The van der Waals surface area contributed by atoms with Crippen LogP contribution in [0.15, 0.2) is 0 Å². The van der Waals surface area contributed by atoms with Crippen LogP contribution >= 0.6 is 0 Å². The Kier molecular flexibility index (Phi) is 5.78. The fourth-order valence-corrected chi connectivity index (χ4v) is 0.587. The van der Waals surface area contributed by atoms with Crippen molar-refractivity contribution in [3.63, 3.8) is 0 Å². The van der Waals surface area contributed by atoms with Crippen molar-refractivity contribution < 1.29 is 14.3 Å². The first-order valence-electron chi connectivity index (χ1n) is 3.54. The van der Waals surface area contributed by atoms with E-state index in [1.807, 2.05) is 0 Å². The number of hydrogen-bond donors (Lipinski definition) is 1. The van der Waals surface area contributed by atoms with E-state index in [2.05, 4.69) is 5.32 Å². The summed E-state index contributed by atoms with van der Waals surface area (Å²) >= 11 is 0. The number of methoxy groups -OCH3 is 1. The molecule has 0 bridgehead atoms. The van der Waals surface area contributed by atoms with Crippen molar-refractivity contribution in [3.05, 3.63) is 0 Å². The molecule has 4 heteroatoms. The molecule has 4 nitrogen and oxygen atoms in total. The van der Waals surface area contributed by atoms with Crippen molar-refractivity contribution in [3.8, 4) is 0 Å². The molecule has 0 aromatic heterocycles. The third-order valence-corrected chi connectivity index (χ3v) is 1.27. The Morgan fingerprint density at radius 2 is 2.18 bits per heavy atom. The lowest BCUT2D eigenvalue weighted by atomic mass is 10.4. The Balaban J connectivity index is 3.36. The predicted molar refractivity (Wildman–Crippen MR) is 41.4 cm³/mol. The lowest BCUT2D eigenvalue weighted by Gasteiger charge is -2.10. The SMILES string of the molecule is CNC(=O)C(C)OCCOC. The molecule has 0 aliphatic rings. The average molecular weight is 161 g/mol. The molecule has 0 saturated heterocycles. The third kappa shape index (κ3) is 4.75. The van der Waals surface area contributed by atoms with E-state index in [-0.39, 0.29) is 5.91 Å². The summed E-state index contributed by atoms with van der Waals surface area (Å²) < 4.78 is 9.85. The van der Waals surface area contributed by atoms with Crippen molar-refractivity contribution in [2.75, 3.05) is 27.4 Å². The number of hydrogen-bond acceptors (Lipinski definition) is 3. The molecule has 11 heavy (non-hydrogen) atoms. The van der Waals surface area contributed by atoms with Gasteiger partial charge in [0.05, 0.1) is 13.2 Å². The molecule has 0 saturated carbocycles. The summed E-state index contributed by atoms with van der Waals surface area (Å²) in [6.07, 6.45) is -0.393. The molecule has 0 rings (SSSR count). The Labute approximate surface area is 66.9 Å². The maximum atomic E-state index is 10.8. The highest BCUT2D eigenvalue weighted by Gasteiger charge is 2.09. The Morgan fingerprint density at radius 1 is 1.55 bits per heavy atom. The molecule has 0 aliphatic carbocycles. The number of nitrogens with one attached hydrogen (secondary N) is 1. The number of carbonyl (C=O) groups excluding carboxylic acids is 1. The zero-order chi connectivity index (χ0) is 8.69. The molecule has 0 heterocycles. The van der Waals surface area contributed by atoms with Crippen molar-refractivity contribution in [2.45, 2.75) is 13.0 Å². The van der Waals surface area contributed by atoms with Crippen molar-refractivity contribution in [1.29, 1.82) is 0 Å². The van der Waals surface area contributed by atoms with Crippen LogP contribution < -0.4 is 5.32 Å². The zero-order valence-electron chi connectivity index (χ0n) is 7.22. The second-order valence-electron chi connectivity index (χ2n) is 2.12. The van der Waals surface area contributed by atoms with Gasteiger partial charge in [0, 0.05) is 14.2 Å². The highest BCUT2D eigenvalue weighted by molar-refractivity contribution is 5.79. The van der Waals surface area contributed by atoms with Crippen molar-refractivity contribution in [1.82, 2.24) is 5.32 Å². The number of amides is 1. The van der Waals surface area contributed by atoms with Gasteiger partial charge in [0.1, 0.15) is 6.10 Å². The lowest BCUT2D eigenvalue weighted by Crippen LogP contribution is -2.32. The summed E-state index contributed by atoms with van der Waals surface area (Å²) in [6.45, 7) is 2.67. The summed E-state index contributed by atoms with van der Waals surface area (Å²) in [5.74, 6) is -0.110. The van der Waals surface area contributed by atoms with Crippen LogP contribution in [0.25, 0.3) is 0 Å². The van der Waals surface area contributed by atoms with Gasteiger partial charge in [-0.1, -0.05) is 0 Å². The molecule has 0 aromatic rings. The summed E-state index contributed by atoms with van der Waals surface area (Å²) in [6, 6.07) is 0. The predicted octanol–water partition coefficient (Wildman–Crippen LogP) is -0.216. The van der Waals surface area contributed by atoms with Crippen LogP contribution in [-0.2, 0) is 14.3 Å². The van der Waals surface area contributed by atoms with Crippen LogP contribution in [0.2, 0.25) is 0 Å². The van der Waals surface area contributed by atoms with E-state index in [9.17, 15) is 4.79 Å². The van der Waals surface area contributed by atoms with Gasteiger partial charge in [0.25, 0.3) is 0 Å². The van der Waals surface area contributed by atoms with Gasteiger partial charge in [-0.25, -0.2) is 0 Å². The van der Waals surface area contributed by atoms with Gasteiger partial charge >= 0.3 is 0 Å². The zero-order valence-corrected chi connectivity index (χ0v) is 7.22. The molecule has 1 N–H and O–H groups in total. The van der Waals surface area contributed by atoms with Gasteiger partial charge in [-0.2, -0.15) is 0 Å². The molecular formula is C7H15NO3. The van der Waals surface area contributed by atoms with Crippen LogP contribution in [-0.4, -0.2) is 39.4 Å². The van der Waals surface area contributed by atoms with E-state index in [0.29, 0.717) is 13.2 Å². The van der Waals surface area contributed by atoms with Crippen LogP contribution in [0, 0.1) is 0 Å². The molecule has 0 aromatic carbocycles. The first-order valence-corrected chi connectivity index (χ1v) is 3.54. The fourth-order valence-electron chi connectivity index (χ4n) is 0.587. The van der Waals surface area contributed by atoms with Gasteiger partial charge in [-0.05, 0) is 6.92 Å². The van der Waals surface area contributed by atoms with E-state index < -0.39 is 6.10 Å². The van der Waals surface area contributed by atoms with E-state index in [4.69, 9.17) is 9.47 Å². The van der Waals surface area contributed by atoms with E-state index in [1.54, 1.807) is 21.1 Å². The highest BCUT2D eigenvalue weighted by atomic mass is 16.5. The maximum Gasteiger partial charge on any atom is 0.248 e. The number of ether oxygens (including phenoxy) is 2. The standard InChI is InChI=1S/C7H15NO3/c1-6(7(9)8-2)11-5-4-10-3/h6H,4-5H2,1-3H3,(H,8,9). The summed E-state index contributed by atoms with van der Waals surface area (Å²) in [7, 11) is 3.17. The van der Waals surface area contributed by atoms with Gasteiger partial charge in [-0.15, -0.1) is 0 Å². The molecule has 0 fully saturated rings. The van der Waals surface area contributed by atoms with Gasteiger partial charge in [0.15, 0.2) is 0 Å². The van der Waals surface area contributed by atoms with Crippen LogP contribution in [0.4, 0.5) is 0 Å².